The second-order valence-electron chi connectivity index (χ2n) is 5.24. The normalized spacial score (nSPS) is 16.8. The summed E-state index contributed by atoms with van der Waals surface area (Å²) in [5, 5.41) is 7.31. The van der Waals surface area contributed by atoms with Crippen LogP contribution in [0.5, 0.6) is 0 Å². The van der Waals surface area contributed by atoms with Crippen LogP contribution in [0.15, 0.2) is 18.5 Å². The van der Waals surface area contributed by atoms with Gasteiger partial charge in [0.05, 0.1) is 0 Å². The monoisotopic (exact) mass is 264 g/mol. The van der Waals surface area contributed by atoms with Crippen molar-refractivity contribution in [3.8, 4) is 0 Å². The summed E-state index contributed by atoms with van der Waals surface area (Å²) in [6, 6.07) is 1.89. The smallest absolute Gasteiger partial charge is 0.224 e. The second-order valence-corrected chi connectivity index (χ2v) is 5.24. The number of nitrogens with one attached hydrogen (secondary N) is 1. The average Bonchev–Trinajstić information content (AvgIpc) is 2.96. The Bertz CT molecular complexity index is 369. The van der Waals surface area contributed by atoms with Crippen molar-refractivity contribution in [2.45, 2.75) is 32.2 Å². The number of carbonyl (C=O) groups excluding carboxylic acids is 1. The van der Waals surface area contributed by atoms with Crippen molar-refractivity contribution in [3.05, 3.63) is 18.5 Å². The quantitative estimate of drug-likeness (QED) is 0.837. The number of rotatable bonds is 6. The SMILES string of the molecule is CNCCC1CCN(C(=O)CCn2cccn2)CC1. The predicted octanol–water partition coefficient (Wildman–Crippen LogP) is 1.12. The molecule has 2 heterocycles. The highest BCUT2D eigenvalue weighted by atomic mass is 16.2. The first-order valence-electron chi connectivity index (χ1n) is 7.19. The van der Waals surface area contributed by atoms with Crippen LogP contribution in [-0.2, 0) is 11.3 Å². The molecule has 0 aliphatic carbocycles. The summed E-state index contributed by atoms with van der Waals surface area (Å²) in [6.45, 7) is 3.61. The van der Waals surface area contributed by atoms with Gasteiger partial charge in [0, 0.05) is 38.4 Å². The highest BCUT2D eigenvalue weighted by Crippen LogP contribution is 2.20. The van der Waals surface area contributed by atoms with Gasteiger partial charge in [-0.3, -0.25) is 9.48 Å². The Balaban J connectivity index is 1.67. The van der Waals surface area contributed by atoms with Crippen LogP contribution in [-0.4, -0.2) is 47.3 Å². The molecule has 0 spiro atoms. The lowest BCUT2D eigenvalue weighted by Crippen LogP contribution is -2.39. The van der Waals surface area contributed by atoms with E-state index in [0.29, 0.717) is 13.0 Å². The fourth-order valence-corrected chi connectivity index (χ4v) is 2.62. The van der Waals surface area contributed by atoms with E-state index in [-0.39, 0.29) is 5.91 Å². The van der Waals surface area contributed by atoms with Gasteiger partial charge in [0.25, 0.3) is 0 Å². The van der Waals surface area contributed by atoms with Crippen LogP contribution in [0.1, 0.15) is 25.7 Å². The zero-order valence-corrected chi connectivity index (χ0v) is 11.7. The molecule has 106 valence electrons. The average molecular weight is 264 g/mol. The van der Waals surface area contributed by atoms with E-state index in [4.69, 9.17) is 0 Å². The van der Waals surface area contributed by atoms with Crippen LogP contribution in [0.2, 0.25) is 0 Å². The molecule has 1 aromatic heterocycles. The summed E-state index contributed by atoms with van der Waals surface area (Å²) >= 11 is 0. The van der Waals surface area contributed by atoms with Gasteiger partial charge in [0.1, 0.15) is 0 Å². The Labute approximate surface area is 115 Å². The molecular formula is C14H24N4O. The Kier molecular flexibility index (Phi) is 5.39. The second kappa shape index (κ2) is 7.28. The molecule has 1 amide bonds. The van der Waals surface area contributed by atoms with Crippen LogP contribution in [0.3, 0.4) is 0 Å². The van der Waals surface area contributed by atoms with E-state index >= 15 is 0 Å². The summed E-state index contributed by atoms with van der Waals surface area (Å²) in [5.41, 5.74) is 0. The van der Waals surface area contributed by atoms with Gasteiger partial charge in [-0.15, -0.1) is 0 Å². The number of carbonyl (C=O) groups is 1. The van der Waals surface area contributed by atoms with Crippen molar-refractivity contribution in [2.24, 2.45) is 5.92 Å². The predicted molar refractivity (Wildman–Crippen MR) is 74.7 cm³/mol. The summed E-state index contributed by atoms with van der Waals surface area (Å²) < 4.78 is 1.82. The number of amides is 1. The van der Waals surface area contributed by atoms with Gasteiger partial charge in [-0.25, -0.2) is 0 Å². The molecule has 5 nitrogen and oxygen atoms in total. The summed E-state index contributed by atoms with van der Waals surface area (Å²) in [6.07, 6.45) is 7.73. The van der Waals surface area contributed by atoms with Crippen molar-refractivity contribution in [1.29, 1.82) is 0 Å². The molecule has 0 bridgehead atoms. The fraction of sp³-hybridized carbons (Fsp3) is 0.714. The maximum Gasteiger partial charge on any atom is 0.224 e. The van der Waals surface area contributed by atoms with Crippen molar-refractivity contribution in [3.63, 3.8) is 0 Å². The number of hydrogen-bond acceptors (Lipinski definition) is 3. The standard InChI is InChI=1S/C14H24N4O/c1-15-8-3-13-4-10-17(11-5-13)14(19)6-12-18-9-2-7-16-18/h2,7,9,13,15H,3-6,8,10-12H2,1H3. The molecule has 1 aliphatic heterocycles. The number of aryl methyl sites for hydroxylation is 1. The van der Waals surface area contributed by atoms with E-state index in [1.165, 1.54) is 6.42 Å². The minimum absolute atomic E-state index is 0.266. The highest BCUT2D eigenvalue weighted by molar-refractivity contribution is 5.76. The molecule has 1 N–H and O–H groups in total. The molecule has 1 aliphatic rings. The Morgan fingerprint density at radius 1 is 1.42 bits per heavy atom. The van der Waals surface area contributed by atoms with Crippen LogP contribution in [0.4, 0.5) is 0 Å². The van der Waals surface area contributed by atoms with Gasteiger partial charge in [-0.05, 0) is 44.8 Å². The van der Waals surface area contributed by atoms with Gasteiger partial charge in [0.15, 0.2) is 0 Å². The highest BCUT2D eigenvalue weighted by Gasteiger charge is 2.22. The number of hydrogen-bond donors (Lipinski definition) is 1. The molecule has 19 heavy (non-hydrogen) atoms. The fourth-order valence-electron chi connectivity index (χ4n) is 2.62. The lowest BCUT2D eigenvalue weighted by molar-refractivity contribution is -0.132. The van der Waals surface area contributed by atoms with Crippen LogP contribution < -0.4 is 5.32 Å². The molecule has 0 aromatic carbocycles. The van der Waals surface area contributed by atoms with Crippen molar-refractivity contribution in [1.82, 2.24) is 20.0 Å². The third kappa shape index (κ3) is 4.35. The van der Waals surface area contributed by atoms with Crippen LogP contribution in [0.25, 0.3) is 0 Å². The zero-order valence-electron chi connectivity index (χ0n) is 11.7. The van der Waals surface area contributed by atoms with Crippen LogP contribution >= 0.6 is 0 Å². The molecule has 0 atom stereocenters. The largest absolute Gasteiger partial charge is 0.343 e. The van der Waals surface area contributed by atoms with Crippen molar-refractivity contribution in [2.75, 3.05) is 26.7 Å². The van der Waals surface area contributed by atoms with Gasteiger partial charge in [-0.1, -0.05) is 0 Å². The molecule has 1 saturated heterocycles. The number of aromatic nitrogens is 2. The molecule has 5 heteroatoms. The first kappa shape index (κ1) is 14.1. The van der Waals surface area contributed by atoms with Gasteiger partial charge >= 0.3 is 0 Å². The maximum atomic E-state index is 12.1. The molecule has 0 unspecified atom stereocenters. The first-order chi connectivity index (χ1) is 9.29. The van der Waals surface area contributed by atoms with E-state index in [1.54, 1.807) is 6.20 Å². The van der Waals surface area contributed by atoms with Gasteiger partial charge in [-0.2, -0.15) is 5.10 Å². The third-order valence-electron chi connectivity index (χ3n) is 3.88. The third-order valence-corrected chi connectivity index (χ3v) is 3.88. The Morgan fingerprint density at radius 2 is 2.21 bits per heavy atom. The van der Waals surface area contributed by atoms with Gasteiger partial charge < -0.3 is 10.2 Å². The number of piperidine rings is 1. The molecule has 0 radical (unpaired) electrons. The lowest BCUT2D eigenvalue weighted by atomic mass is 9.93. The summed E-state index contributed by atoms with van der Waals surface area (Å²) in [5.74, 6) is 1.05. The van der Waals surface area contributed by atoms with E-state index < -0.39 is 0 Å². The van der Waals surface area contributed by atoms with Crippen LogP contribution in [0, 0.1) is 5.92 Å². The topological polar surface area (TPSA) is 50.2 Å². The van der Waals surface area contributed by atoms with Gasteiger partial charge in [0.2, 0.25) is 5.91 Å². The van der Waals surface area contributed by atoms with E-state index in [9.17, 15) is 4.79 Å². The first-order valence-corrected chi connectivity index (χ1v) is 7.19. The molecule has 0 saturated carbocycles. The number of likely N-dealkylation sites (tertiary alicyclic amines) is 1. The molecular weight excluding hydrogens is 240 g/mol. The molecule has 1 fully saturated rings. The molecule has 2 rings (SSSR count). The Hall–Kier alpha value is -1.36. The van der Waals surface area contributed by atoms with E-state index in [1.807, 2.05) is 28.9 Å². The summed E-state index contributed by atoms with van der Waals surface area (Å²) in [4.78, 5) is 14.1. The lowest BCUT2D eigenvalue weighted by Gasteiger charge is -2.32. The van der Waals surface area contributed by atoms with Crippen molar-refractivity contribution >= 4 is 5.91 Å². The minimum atomic E-state index is 0.266. The number of nitrogens with zero attached hydrogens (tertiary/aromatic N) is 3. The maximum absolute atomic E-state index is 12.1. The van der Waals surface area contributed by atoms with Crippen molar-refractivity contribution < 1.29 is 4.79 Å². The Morgan fingerprint density at radius 3 is 2.84 bits per heavy atom. The van der Waals surface area contributed by atoms with E-state index in [0.717, 1.165) is 38.4 Å². The van der Waals surface area contributed by atoms with E-state index in [2.05, 4.69) is 10.4 Å². The molecule has 1 aromatic rings. The minimum Gasteiger partial charge on any atom is -0.343 e. The zero-order chi connectivity index (χ0) is 13.5. The summed E-state index contributed by atoms with van der Waals surface area (Å²) in [7, 11) is 1.99.